The molecule has 0 amide bonds. The first-order valence-electron chi connectivity index (χ1n) is 4.33. The summed E-state index contributed by atoms with van der Waals surface area (Å²) < 4.78 is 67.4. The third-order valence-electron chi connectivity index (χ3n) is 2.07. The number of benzene rings is 1. The molecule has 3 nitrogen and oxygen atoms in total. The van der Waals surface area contributed by atoms with Crippen LogP contribution in [0.4, 0.5) is 13.2 Å². The second-order valence-corrected chi connectivity index (χ2v) is 7.91. The van der Waals surface area contributed by atoms with Crippen molar-refractivity contribution >= 4 is 72.5 Å². The summed E-state index contributed by atoms with van der Waals surface area (Å²) in [5, 5.41) is -3.60. The van der Waals surface area contributed by atoms with Crippen molar-refractivity contribution in [3.63, 3.8) is 0 Å². The molecule has 0 saturated carbocycles. The largest absolute Gasteiger partial charge is 0.419 e. The minimum absolute atomic E-state index is 0.584. The molecule has 0 heterocycles. The van der Waals surface area contributed by atoms with Crippen molar-refractivity contribution in [2.24, 2.45) is 0 Å². The highest BCUT2D eigenvalue weighted by atomic mass is 79.9. The number of hydrogen-bond donors (Lipinski definition) is 1. The Bertz CT molecular complexity index is 633. The molecule has 1 N–H and O–H groups in total. The van der Waals surface area contributed by atoms with Crippen molar-refractivity contribution in [1.29, 1.82) is 0 Å². The summed E-state index contributed by atoms with van der Waals surface area (Å²) in [5.41, 5.74) is -2.08. The molecule has 114 valence electrons. The zero-order valence-corrected chi connectivity index (χ0v) is 14.2. The van der Waals surface area contributed by atoms with Crippen LogP contribution in [0.2, 0.25) is 20.1 Å². The van der Waals surface area contributed by atoms with E-state index in [-0.39, 0.29) is 0 Å². The van der Waals surface area contributed by atoms with Crippen LogP contribution in [-0.2, 0) is 16.3 Å². The summed E-state index contributed by atoms with van der Waals surface area (Å²) in [4.78, 5) is 0. The van der Waals surface area contributed by atoms with Crippen molar-refractivity contribution in [2.75, 3.05) is 0 Å². The van der Waals surface area contributed by atoms with Crippen LogP contribution in [0.3, 0.4) is 0 Å². The first-order chi connectivity index (χ1) is 8.80. The molecular formula is C8H2BrCl4F3O3S. The fourth-order valence-corrected chi connectivity index (χ4v) is 3.93. The van der Waals surface area contributed by atoms with Crippen LogP contribution in [0.25, 0.3) is 0 Å². The monoisotopic (exact) mass is 454 g/mol. The molecule has 0 bridgehead atoms. The standard InChI is InChI=1S/C8H2BrCl4F3O3S/c9-7(20(17,18)19)1-3(10)5(12)2(8(14,15)16)6(13)4(1)11/h7H,(H,17,18,19). The normalized spacial score (nSPS) is 14.4. The van der Waals surface area contributed by atoms with E-state index in [2.05, 4.69) is 15.9 Å². The molecule has 1 rings (SSSR count). The zero-order chi connectivity index (χ0) is 16.0. The predicted molar refractivity (Wildman–Crippen MR) is 74.7 cm³/mol. The molecule has 20 heavy (non-hydrogen) atoms. The number of alkyl halides is 4. The van der Waals surface area contributed by atoms with Gasteiger partial charge in [0, 0.05) is 5.56 Å². The fourth-order valence-electron chi connectivity index (χ4n) is 1.25. The van der Waals surface area contributed by atoms with Crippen LogP contribution in [0.1, 0.15) is 15.3 Å². The van der Waals surface area contributed by atoms with E-state index in [0.29, 0.717) is 0 Å². The van der Waals surface area contributed by atoms with Crippen molar-refractivity contribution in [2.45, 2.75) is 10.3 Å². The lowest BCUT2D eigenvalue weighted by atomic mass is 10.1. The van der Waals surface area contributed by atoms with Crippen LogP contribution in [0.15, 0.2) is 0 Å². The summed E-state index contributed by atoms with van der Waals surface area (Å²) in [6, 6.07) is 0. The van der Waals surface area contributed by atoms with Crippen LogP contribution in [0, 0.1) is 0 Å². The van der Waals surface area contributed by atoms with Crippen LogP contribution < -0.4 is 0 Å². The molecule has 1 aromatic carbocycles. The van der Waals surface area contributed by atoms with Crippen LogP contribution >= 0.6 is 62.3 Å². The van der Waals surface area contributed by atoms with E-state index >= 15 is 0 Å². The molecule has 0 fully saturated rings. The smallest absolute Gasteiger partial charge is 0.284 e. The highest BCUT2D eigenvalue weighted by Crippen LogP contribution is 2.51. The van der Waals surface area contributed by atoms with E-state index in [1.54, 1.807) is 0 Å². The predicted octanol–water partition coefficient (Wildman–Crippen LogP) is 5.60. The fraction of sp³-hybridized carbons (Fsp3) is 0.250. The quantitative estimate of drug-likeness (QED) is 0.358. The second-order valence-electron chi connectivity index (χ2n) is 3.37. The Kier molecular flexibility index (Phi) is 5.57. The Morgan fingerprint density at radius 1 is 1.00 bits per heavy atom. The molecule has 0 aliphatic heterocycles. The van der Waals surface area contributed by atoms with Gasteiger partial charge in [0.05, 0.1) is 25.7 Å². The van der Waals surface area contributed by atoms with Gasteiger partial charge < -0.3 is 0 Å². The van der Waals surface area contributed by atoms with E-state index in [0.717, 1.165) is 0 Å². The molecule has 0 radical (unpaired) electrons. The SMILES string of the molecule is O=S(=O)(O)C(Br)c1c(Cl)c(Cl)c(C(F)(F)F)c(Cl)c1Cl. The highest BCUT2D eigenvalue weighted by Gasteiger charge is 2.41. The van der Waals surface area contributed by atoms with Crippen molar-refractivity contribution in [3.05, 3.63) is 31.2 Å². The minimum Gasteiger partial charge on any atom is -0.284 e. The Labute approximate surface area is 139 Å². The lowest BCUT2D eigenvalue weighted by Crippen LogP contribution is -2.12. The van der Waals surface area contributed by atoms with Crippen molar-refractivity contribution < 1.29 is 26.1 Å². The van der Waals surface area contributed by atoms with E-state index in [4.69, 9.17) is 51.0 Å². The van der Waals surface area contributed by atoms with E-state index in [1.807, 2.05) is 0 Å². The van der Waals surface area contributed by atoms with Gasteiger partial charge in [-0.3, -0.25) is 4.55 Å². The lowest BCUT2D eigenvalue weighted by Gasteiger charge is -2.19. The van der Waals surface area contributed by atoms with E-state index < -0.39 is 51.7 Å². The maximum Gasteiger partial charge on any atom is 0.419 e. The average molecular weight is 457 g/mol. The maximum atomic E-state index is 12.8. The summed E-state index contributed by atoms with van der Waals surface area (Å²) >= 11 is 24.7. The van der Waals surface area contributed by atoms with Crippen molar-refractivity contribution in [3.8, 4) is 0 Å². The van der Waals surface area contributed by atoms with Gasteiger partial charge in [0.15, 0.2) is 4.16 Å². The molecule has 0 aliphatic carbocycles. The van der Waals surface area contributed by atoms with Gasteiger partial charge in [-0.05, 0) is 0 Å². The van der Waals surface area contributed by atoms with E-state index in [1.165, 1.54) is 0 Å². The molecular weight excluding hydrogens is 455 g/mol. The van der Waals surface area contributed by atoms with Gasteiger partial charge in [0.2, 0.25) is 0 Å². The lowest BCUT2D eigenvalue weighted by molar-refractivity contribution is -0.137. The van der Waals surface area contributed by atoms with Gasteiger partial charge in [0.1, 0.15) is 0 Å². The van der Waals surface area contributed by atoms with Gasteiger partial charge in [0.25, 0.3) is 10.1 Å². The summed E-state index contributed by atoms with van der Waals surface area (Å²) in [6.07, 6.45) is -4.94. The molecule has 1 aromatic rings. The highest BCUT2D eigenvalue weighted by molar-refractivity contribution is 9.10. The Morgan fingerprint density at radius 2 is 1.35 bits per heavy atom. The van der Waals surface area contributed by atoms with Crippen molar-refractivity contribution in [1.82, 2.24) is 0 Å². The van der Waals surface area contributed by atoms with Crippen LogP contribution in [0.5, 0.6) is 0 Å². The van der Waals surface area contributed by atoms with Gasteiger partial charge in [-0.15, -0.1) is 0 Å². The Balaban J connectivity index is 3.79. The molecule has 0 spiro atoms. The summed E-state index contributed by atoms with van der Waals surface area (Å²) in [7, 11) is -4.73. The molecule has 0 aromatic heterocycles. The number of rotatable bonds is 2. The number of hydrogen-bond acceptors (Lipinski definition) is 2. The van der Waals surface area contributed by atoms with Gasteiger partial charge >= 0.3 is 6.18 Å². The second kappa shape index (κ2) is 5.98. The number of halogens is 8. The van der Waals surface area contributed by atoms with Gasteiger partial charge in [-0.1, -0.05) is 62.3 Å². The molecule has 0 aliphatic rings. The summed E-state index contributed by atoms with van der Waals surface area (Å²) in [6.45, 7) is 0. The summed E-state index contributed by atoms with van der Waals surface area (Å²) in [5.74, 6) is 0. The third kappa shape index (κ3) is 3.48. The maximum absolute atomic E-state index is 12.8. The Hall–Kier alpha value is 0.560. The molecule has 0 saturated heterocycles. The van der Waals surface area contributed by atoms with E-state index in [9.17, 15) is 21.6 Å². The third-order valence-corrected chi connectivity index (χ3v) is 6.44. The Morgan fingerprint density at radius 3 is 1.60 bits per heavy atom. The van der Waals surface area contributed by atoms with Crippen LogP contribution in [-0.4, -0.2) is 13.0 Å². The molecule has 1 atom stereocenters. The molecule has 1 unspecified atom stereocenters. The topological polar surface area (TPSA) is 54.4 Å². The first kappa shape index (κ1) is 18.6. The minimum atomic E-state index is -4.94. The van der Waals surface area contributed by atoms with Gasteiger partial charge in [-0.2, -0.15) is 21.6 Å². The van der Waals surface area contributed by atoms with Gasteiger partial charge in [-0.25, -0.2) is 0 Å². The molecule has 12 heteroatoms. The average Bonchev–Trinajstić information content (AvgIpc) is 2.23. The first-order valence-corrected chi connectivity index (χ1v) is 8.26. The zero-order valence-electron chi connectivity index (χ0n) is 8.77.